The fourth-order valence-corrected chi connectivity index (χ4v) is 4.57. The summed E-state index contributed by atoms with van der Waals surface area (Å²) in [5, 5.41) is 8.75. The molecule has 1 aromatic rings. The van der Waals surface area contributed by atoms with Crippen molar-refractivity contribution >= 4 is 11.8 Å². The number of likely N-dealkylation sites (tertiary alicyclic amines) is 1. The van der Waals surface area contributed by atoms with Gasteiger partial charge in [0.25, 0.3) is 0 Å². The molecule has 1 aromatic carbocycles. The molecular weight excluding hydrogens is 366 g/mol. The topological polar surface area (TPSA) is 66.8 Å². The molecule has 3 atom stereocenters. The van der Waals surface area contributed by atoms with E-state index in [2.05, 4.69) is 29.2 Å². The maximum absolute atomic E-state index is 12.9. The number of carbonyl (C=O) groups is 2. The summed E-state index contributed by atoms with van der Waals surface area (Å²) in [7, 11) is 0. The van der Waals surface area contributed by atoms with Crippen LogP contribution in [0.1, 0.15) is 56.9 Å². The molecule has 1 N–H and O–H groups in total. The van der Waals surface area contributed by atoms with E-state index in [1.165, 1.54) is 6.42 Å². The van der Waals surface area contributed by atoms with E-state index in [1.807, 2.05) is 18.2 Å². The van der Waals surface area contributed by atoms with Gasteiger partial charge in [-0.1, -0.05) is 48.9 Å². The van der Waals surface area contributed by atoms with Crippen molar-refractivity contribution in [3.8, 4) is 0 Å². The Bertz CT molecular complexity index is 681. The highest BCUT2D eigenvalue weighted by atomic mass is 16.5. The van der Waals surface area contributed by atoms with Gasteiger partial charge in [0, 0.05) is 18.8 Å². The summed E-state index contributed by atoms with van der Waals surface area (Å²) < 4.78 is 6.24. The summed E-state index contributed by atoms with van der Waals surface area (Å²) in [6.45, 7) is 2.53. The Morgan fingerprint density at radius 1 is 1.14 bits per heavy atom. The minimum absolute atomic E-state index is 0.0419. The molecule has 5 nitrogen and oxygen atoms in total. The number of Topliss-reactive ketones (excluding diaryl/α,β-unsaturated/α-hetero) is 1. The highest BCUT2D eigenvalue weighted by molar-refractivity contribution is 5.87. The van der Waals surface area contributed by atoms with Crippen molar-refractivity contribution in [3.63, 3.8) is 0 Å². The number of benzene rings is 1. The van der Waals surface area contributed by atoms with Crippen molar-refractivity contribution in [2.75, 3.05) is 13.1 Å². The second kappa shape index (κ2) is 11.3. The molecule has 29 heavy (non-hydrogen) atoms. The molecule has 0 spiro atoms. The number of rotatable bonds is 10. The molecule has 5 heteroatoms. The molecule has 1 saturated carbocycles. The van der Waals surface area contributed by atoms with E-state index >= 15 is 0 Å². The minimum atomic E-state index is -0.751. The van der Waals surface area contributed by atoms with Crippen molar-refractivity contribution in [2.24, 2.45) is 5.92 Å². The average Bonchev–Trinajstić information content (AvgIpc) is 3.05. The third kappa shape index (κ3) is 6.51. The average molecular weight is 400 g/mol. The van der Waals surface area contributed by atoms with Gasteiger partial charge in [0.2, 0.25) is 0 Å². The molecule has 1 aliphatic carbocycles. The van der Waals surface area contributed by atoms with Crippen LogP contribution < -0.4 is 0 Å². The predicted octanol–water partition coefficient (Wildman–Crippen LogP) is 4.22. The smallest absolute Gasteiger partial charge is 0.303 e. The Hall–Kier alpha value is -1.98. The second-order valence-electron chi connectivity index (χ2n) is 8.20. The lowest BCUT2D eigenvalue weighted by molar-refractivity contribution is -0.137. The van der Waals surface area contributed by atoms with Gasteiger partial charge in [-0.3, -0.25) is 14.5 Å². The molecule has 2 aliphatic rings. The van der Waals surface area contributed by atoms with Crippen LogP contribution in [0.4, 0.5) is 0 Å². The normalized spacial score (nSPS) is 25.7. The lowest BCUT2D eigenvalue weighted by Gasteiger charge is -2.35. The number of unbranched alkanes of at least 4 members (excludes halogenated alkanes) is 1. The molecule has 1 aliphatic heterocycles. The summed E-state index contributed by atoms with van der Waals surface area (Å²) in [5.41, 5.74) is 1.13. The minimum Gasteiger partial charge on any atom is -0.481 e. The van der Waals surface area contributed by atoms with Crippen LogP contribution in [0, 0.1) is 5.92 Å². The molecule has 0 amide bonds. The first kappa shape index (κ1) is 21.7. The van der Waals surface area contributed by atoms with Gasteiger partial charge >= 0.3 is 5.97 Å². The van der Waals surface area contributed by atoms with Crippen LogP contribution in [-0.2, 0) is 20.9 Å². The number of aliphatic carboxylic acids is 1. The van der Waals surface area contributed by atoms with E-state index < -0.39 is 5.97 Å². The summed E-state index contributed by atoms with van der Waals surface area (Å²) in [6, 6.07) is 10.1. The Morgan fingerprint density at radius 3 is 2.62 bits per heavy atom. The van der Waals surface area contributed by atoms with Gasteiger partial charge < -0.3 is 9.84 Å². The SMILES string of the molecule is O=C(O)CCC/C=C/C[C@H]1[C@@H](OCc2ccccc2)CC(=O)[C@@H]1N1CCCCC1. The van der Waals surface area contributed by atoms with Crippen LogP contribution in [0.3, 0.4) is 0 Å². The summed E-state index contributed by atoms with van der Waals surface area (Å²) in [4.78, 5) is 25.9. The quantitative estimate of drug-likeness (QED) is 0.471. The molecule has 1 heterocycles. The van der Waals surface area contributed by atoms with E-state index in [0.29, 0.717) is 25.2 Å². The highest BCUT2D eigenvalue weighted by Gasteiger charge is 2.45. The van der Waals surface area contributed by atoms with E-state index in [1.54, 1.807) is 0 Å². The Balaban J connectivity index is 1.62. The first-order chi connectivity index (χ1) is 14.1. The molecule has 1 saturated heterocycles. The van der Waals surface area contributed by atoms with E-state index in [9.17, 15) is 9.59 Å². The van der Waals surface area contributed by atoms with Crippen molar-refractivity contribution < 1.29 is 19.4 Å². The summed E-state index contributed by atoms with van der Waals surface area (Å²) >= 11 is 0. The van der Waals surface area contributed by atoms with E-state index in [4.69, 9.17) is 9.84 Å². The number of ketones is 1. The third-order valence-electron chi connectivity index (χ3n) is 6.04. The van der Waals surface area contributed by atoms with Gasteiger partial charge in [0.15, 0.2) is 5.78 Å². The van der Waals surface area contributed by atoms with Crippen LogP contribution in [0.2, 0.25) is 0 Å². The molecule has 158 valence electrons. The first-order valence-corrected chi connectivity index (χ1v) is 10.9. The Morgan fingerprint density at radius 2 is 1.90 bits per heavy atom. The van der Waals surface area contributed by atoms with Crippen LogP contribution in [0.5, 0.6) is 0 Å². The summed E-state index contributed by atoms with van der Waals surface area (Å²) in [6.07, 6.45) is 10.6. The zero-order valence-electron chi connectivity index (χ0n) is 17.2. The number of allylic oxidation sites excluding steroid dienone is 2. The Labute approximate surface area is 173 Å². The maximum Gasteiger partial charge on any atom is 0.303 e. The number of carboxylic acids is 1. The van der Waals surface area contributed by atoms with Crippen LogP contribution in [0.25, 0.3) is 0 Å². The van der Waals surface area contributed by atoms with Crippen molar-refractivity contribution in [2.45, 2.75) is 70.1 Å². The molecular formula is C24H33NO4. The van der Waals surface area contributed by atoms with Gasteiger partial charge in [-0.2, -0.15) is 0 Å². The van der Waals surface area contributed by atoms with Gasteiger partial charge in [0.1, 0.15) is 0 Å². The number of nitrogens with zero attached hydrogens (tertiary/aromatic N) is 1. The molecule has 2 fully saturated rings. The number of carbonyl (C=O) groups excluding carboxylic acids is 1. The second-order valence-corrected chi connectivity index (χ2v) is 8.20. The Kier molecular flexibility index (Phi) is 8.44. The highest BCUT2D eigenvalue weighted by Crippen LogP contribution is 2.35. The largest absolute Gasteiger partial charge is 0.481 e. The molecule has 0 unspecified atom stereocenters. The number of hydrogen-bond acceptors (Lipinski definition) is 4. The monoisotopic (exact) mass is 399 g/mol. The third-order valence-corrected chi connectivity index (χ3v) is 6.04. The number of piperidine rings is 1. The molecule has 3 rings (SSSR count). The van der Waals surface area contributed by atoms with Crippen molar-refractivity contribution in [3.05, 3.63) is 48.0 Å². The van der Waals surface area contributed by atoms with E-state index in [0.717, 1.165) is 44.3 Å². The van der Waals surface area contributed by atoms with Gasteiger partial charge in [0.05, 0.1) is 18.8 Å². The lowest BCUT2D eigenvalue weighted by atomic mass is 9.94. The predicted molar refractivity (Wildman–Crippen MR) is 113 cm³/mol. The fourth-order valence-electron chi connectivity index (χ4n) is 4.57. The van der Waals surface area contributed by atoms with Gasteiger partial charge in [-0.25, -0.2) is 0 Å². The first-order valence-electron chi connectivity index (χ1n) is 10.9. The fraction of sp³-hybridized carbons (Fsp3) is 0.583. The van der Waals surface area contributed by atoms with E-state index in [-0.39, 0.29) is 24.5 Å². The molecule has 0 aromatic heterocycles. The van der Waals surface area contributed by atoms with Crippen molar-refractivity contribution in [1.29, 1.82) is 0 Å². The molecule has 0 bridgehead atoms. The van der Waals surface area contributed by atoms with Crippen LogP contribution in [-0.4, -0.2) is 47.0 Å². The number of ether oxygens (including phenoxy) is 1. The zero-order valence-corrected chi connectivity index (χ0v) is 17.2. The van der Waals surface area contributed by atoms with Crippen LogP contribution in [0.15, 0.2) is 42.5 Å². The zero-order chi connectivity index (χ0) is 20.5. The van der Waals surface area contributed by atoms with Crippen molar-refractivity contribution in [1.82, 2.24) is 4.90 Å². The standard InChI is InChI=1S/C24H33NO4/c26-21-17-22(29-18-19-11-5-3-6-12-19)20(13-7-1-2-8-14-23(27)28)24(21)25-15-9-4-10-16-25/h1,3,5-7,11-12,20,22,24H,2,4,8-10,13-18H2,(H,27,28)/b7-1+/t20-,22-,24+/m0/s1. The maximum atomic E-state index is 12.9. The summed E-state index contributed by atoms with van der Waals surface area (Å²) in [5.74, 6) is -0.270. The number of hydrogen-bond donors (Lipinski definition) is 1. The van der Waals surface area contributed by atoms with Crippen LogP contribution >= 0.6 is 0 Å². The molecule has 0 radical (unpaired) electrons. The lowest BCUT2D eigenvalue weighted by Crippen LogP contribution is -2.46. The van der Waals surface area contributed by atoms with Gasteiger partial charge in [-0.15, -0.1) is 0 Å². The van der Waals surface area contributed by atoms with Gasteiger partial charge in [-0.05, 0) is 50.8 Å². The number of carboxylic acid groups (broad SMARTS) is 1.